The highest BCUT2D eigenvalue weighted by atomic mass is 32.1. The summed E-state index contributed by atoms with van der Waals surface area (Å²) in [7, 11) is 1.37. The number of carbonyl (C=O) groups is 1. The lowest BCUT2D eigenvalue weighted by Crippen LogP contribution is -2.15. The van der Waals surface area contributed by atoms with Gasteiger partial charge in [0.05, 0.1) is 13.5 Å². The molecule has 13 heavy (non-hydrogen) atoms. The number of hydrogen-bond donors (Lipinski definition) is 1. The number of methoxy groups -OCH3 is 1. The van der Waals surface area contributed by atoms with Crippen molar-refractivity contribution in [2.24, 2.45) is 5.73 Å². The zero-order valence-electron chi connectivity index (χ0n) is 7.74. The molecule has 4 heteroatoms. The summed E-state index contributed by atoms with van der Waals surface area (Å²) in [5, 5.41) is 1.98. The molecule has 0 saturated carbocycles. The molecule has 1 aromatic rings. The Morgan fingerprint density at radius 1 is 1.77 bits per heavy atom. The second-order valence-electron chi connectivity index (χ2n) is 2.88. The highest BCUT2D eigenvalue weighted by Crippen LogP contribution is 2.20. The van der Waals surface area contributed by atoms with Crippen molar-refractivity contribution in [3.8, 4) is 0 Å². The molecular formula is C9H13NO2S. The van der Waals surface area contributed by atoms with Crippen LogP contribution in [-0.4, -0.2) is 13.1 Å². The number of thiophene rings is 1. The van der Waals surface area contributed by atoms with E-state index in [1.807, 2.05) is 18.4 Å². The van der Waals surface area contributed by atoms with Crippen LogP contribution in [0.1, 0.15) is 22.9 Å². The molecule has 0 aliphatic carbocycles. The molecule has 0 aliphatic rings. The molecule has 0 radical (unpaired) electrons. The molecule has 0 unspecified atom stereocenters. The lowest BCUT2D eigenvalue weighted by Gasteiger charge is -2.07. The first-order valence-corrected chi connectivity index (χ1v) is 4.89. The van der Waals surface area contributed by atoms with Gasteiger partial charge in [0.15, 0.2) is 0 Å². The van der Waals surface area contributed by atoms with E-state index in [1.54, 1.807) is 11.3 Å². The minimum absolute atomic E-state index is 0.239. The first-order valence-electron chi connectivity index (χ1n) is 4.01. The lowest BCUT2D eigenvalue weighted by molar-refractivity contribution is -0.141. The molecule has 0 amide bonds. The number of ether oxygens (including phenoxy) is 1. The average molecular weight is 199 g/mol. The number of esters is 1. The van der Waals surface area contributed by atoms with Gasteiger partial charge in [-0.05, 0) is 23.9 Å². The Kier molecular flexibility index (Phi) is 3.45. The van der Waals surface area contributed by atoms with Crippen LogP contribution < -0.4 is 5.73 Å². The van der Waals surface area contributed by atoms with Crippen LogP contribution in [-0.2, 0) is 9.53 Å². The van der Waals surface area contributed by atoms with Crippen molar-refractivity contribution in [1.82, 2.24) is 0 Å². The van der Waals surface area contributed by atoms with Crippen LogP contribution in [0.5, 0.6) is 0 Å². The lowest BCUT2D eigenvalue weighted by atomic mass is 10.1. The maximum atomic E-state index is 10.9. The van der Waals surface area contributed by atoms with Crippen molar-refractivity contribution in [1.29, 1.82) is 0 Å². The number of nitrogens with two attached hydrogens (primary N) is 1. The molecule has 0 saturated heterocycles. The summed E-state index contributed by atoms with van der Waals surface area (Å²) in [6.45, 7) is 2.01. The Morgan fingerprint density at radius 2 is 2.46 bits per heavy atom. The summed E-state index contributed by atoms with van der Waals surface area (Å²) in [5.41, 5.74) is 6.80. The number of hydrogen-bond acceptors (Lipinski definition) is 4. The van der Waals surface area contributed by atoms with E-state index in [0.717, 1.165) is 5.56 Å². The standard InChI is InChI=1S/C9H13NO2S/c1-6-3-7(5-13-6)8(10)4-9(11)12-2/h3,5,8H,4,10H2,1-2H3/t8-/m1/s1. The normalized spacial score (nSPS) is 12.5. The Balaban J connectivity index is 2.58. The molecule has 72 valence electrons. The molecule has 0 aromatic carbocycles. The van der Waals surface area contributed by atoms with Gasteiger partial charge < -0.3 is 10.5 Å². The van der Waals surface area contributed by atoms with Crippen molar-refractivity contribution in [2.45, 2.75) is 19.4 Å². The Labute approximate surface area is 81.5 Å². The molecule has 1 rings (SSSR count). The highest BCUT2D eigenvalue weighted by molar-refractivity contribution is 7.10. The van der Waals surface area contributed by atoms with Gasteiger partial charge >= 0.3 is 5.97 Å². The molecule has 0 spiro atoms. The number of carbonyl (C=O) groups excluding carboxylic acids is 1. The predicted octanol–water partition coefficient (Wildman–Crippen LogP) is 1.62. The van der Waals surface area contributed by atoms with Crippen LogP contribution in [0.4, 0.5) is 0 Å². The van der Waals surface area contributed by atoms with E-state index >= 15 is 0 Å². The molecular weight excluding hydrogens is 186 g/mol. The van der Waals surface area contributed by atoms with Crippen LogP contribution in [0.15, 0.2) is 11.4 Å². The SMILES string of the molecule is COC(=O)C[C@@H](N)c1csc(C)c1. The smallest absolute Gasteiger partial charge is 0.307 e. The Hall–Kier alpha value is -0.870. The van der Waals surface area contributed by atoms with Crippen LogP contribution >= 0.6 is 11.3 Å². The van der Waals surface area contributed by atoms with Gasteiger partial charge in [-0.1, -0.05) is 0 Å². The van der Waals surface area contributed by atoms with Gasteiger partial charge in [-0.25, -0.2) is 0 Å². The van der Waals surface area contributed by atoms with E-state index in [9.17, 15) is 4.79 Å². The number of rotatable bonds is 3. The third kappa shape index (κ3) is 2.82. The first-order chi connectivity index (χ1) is 6.13. The van der Waals surface area contributed by atoms with E-state index in [2.05, 4.69) is 4.74 Å². The summed E-state index contributed by atoms with van der Waals surface area (Å²) in [5.74, 6) is -0.267. The first kappa shape index (κ1) is 10.2. The van der Waals surface area contributed by atoms with Crippen LogP contribution in [0, 0.1) is 6.92 Å². The minimum atomic E-state index is -0.267. The number of aryl methyl sites for hydroxylation is 1. The van der Waals surface area contributed by atoms with Crippen LogP contribution in [0.2, 0.25) is 0 Å². The Bertz CT molecular complexity index is 296. The van der Waals surface area contributed by atoms with Gasteiger partial charge in [0, 0.05) is 10.9 Å². The third-order valence-corrected chi connectivity index (χ3v) is 2.67. The monoisotopic (exact) mass is 199 g/mol. The highest BCUT2D eigenvalue weighted by Gasteiger charge is 2.12. The van der Waals surface area contributed by atoms with E-state index in [4.69, 9.17) is 5.73 Å². The van der Waals surface area contributed by atoms with Gasteiger partial charge in [-0.2, -0.15) is 0 Å². The van der Waals surface area contributed by atoms with Gasteiger partial charge in [0.25, 0.3) is 0 Å². The summed E-state index contributed by atoms with van der Waals surface area (Å²) < 4.78 is 4.53. The van der Waals surface area contributed by atoms with Crippen molar-refractivity contribution < 1.29 is 9.53 Å². The molecule has 0 fully saturated rings. The van der Waals surface area contributed by atoms with E-state index < -0.39 is 0 Å². The molecule has 0 bridgehead atoms. The summed E-state index contributed by atoms with van der Waals surface area (Å²) >= 11 is 1.64. The maximum Gasteiger partial charge on any atom is 0.307 e. The fraction of sp³-hybridized carbons (Fsp3) is 0.444. The summed E-state index contributed by atoms with van der Waals surface area (Å²) in [6, 6.07) is 1.76. The van der Waals surface area contributed by atoms with Crippen molar-refractivity contribution in [3.63, 3.8) is 0 Å². The molecule has 0 aliphatic heterocycles. The quantitative estimate of drug-likeness (QED) is 0.752. The van der Waals surface area contributed by atoms with Crippen LogP contribution in [0.3, 0.4) is 0 Å². The van der Waals surface area contributed by atoms with Gasteiger partial charge in [-0.15, -0.1) is 11.3 Å². The Morgan fingerprint density at radius 3 is 2.92 bits per heavy atom. The van der Waals surface area contributed by atoms with Gasteiger partial charge in [0.2, 0.25) is 0 Å². The third-order valence-electron chi connectivity index (χ3n) is 1.79. The molecule has 1 aromatic heterocycles. The fourth-order valence-corrected chi connectivity index (χ4v) is 1.81. The van der Waals surface area contributed by atoms with Gasteiger partial charge in [0.1, 0.15) is 0 Å². The van der Waals surface area contributed by atoms with Crippen molar-refractivity contribution in [3.05, 3.63) is 21.9 Å². The largest absolute Gasteiger partial charge is 0.469 e. The molecule has 1 atom stereocenters. The van der Waals surface area contributed by atoms with E-state index in [0.29, 0.717) is 0 Å². The summed E-state index contributed by atoms with van der Waals surface area (Å²) in [6.07, 6.45) is 0.243. The van der Waals surface area contributed by atoms with Crippen molar-refractivity contribution in [2.75, 3.05) is 7.11 Å². The topological polar surface area (TPSA) is 52.3 Å². The molecule has 2 N–H and O–H groups in total. The summed E-state index contributed by atoms with van der Waals surface area (Å²) in [4.78, 5) is 12.1. The van der Waals surface area contributed by atoms with Gasteiger partial charge in [-0.3, -0.25) is 4.79 Å². The van der Waals surface area contributed by atoms with E-state index in [-0.39, 0.29) is 18.4 Å². The molecule has 3 nitrogen and oxygen atoms in total. The molecule has 1 heterocycles. The zero-order valence-corrected chi connectivity index (χ0v) is 8.56. The second-order valence-corrected chi connectivity index (χ2v) is 3.99. The minimum Gasteiger partial charge on any atom is -0.469 e. The van der Waals surface area contributed by atoms with E-state index in [1.165, 1.54) is 12.0 Å². The maximum absolute atomic E-state index is 10.9. The fourth-order valence-electron chi connectivity index (χ4n) is 1.04. The predicted molar refractivity (Wildman–Crippen MR) is 52.6 cm³/mol. The van der Waals surface area contributed by atoms with Crippen LogP contribution in [0.25, 0.3) is 0 Å². The second kappa shape index (κ2) is 4.39. The zero-order chi connectivity index (χ0) is 9.84. The van der Waals surface area contributed by atoms with Crippen molar-refractivity contribution >= 4 is 17.3 Å². The average Bonchev–Trinajstić information content (AvgIpc) is 2.51.